The number of nitrogens with two attached hydrogens (primary N) is 1. The van der Waals surface area contributed by atoms with Crippen LogP contribution in [0.15, 0.2) is 18.2 Å². The molecule has 0 aliphatic heterocycles. The Balaban J connectivity index is 2.97. The highest BCUT2D eigenvalue weighted by Gasteiger charge is 2.29. The fourth-order valence-corrected chi connectivity index (χ4v) is 2.20. The van der Waals surface area contributed by atoms with Crippen LogP contribution in [0.3, 0.4) is 0 Å². The maximum Gasteiger partial charge on any atom is 0.408 e. The summed E-state index contributed by atoms with van der Waals surface area (Å²) in [6.07, 6.45) is -1.15. The van der Waals surface area contributed by atoms with E-state index < -0.39 is 35.2 Å². The van der Waals surface area contributed by atoms with Crippen LogP contribution in [0.2, 0.25) is 0 Å². The van der Waals surface area contributed by atoms with Gasteiger partial charge in [-0.1, -0.05) is 6.07 Å². The quantitative estimate of drug-likeness (QED) is 0.522. The highest BCUT2D eigenvalue weighted by atomic mass is 16.6. The van der Waals surface area contributed by atoms with Crippen LogP contribution in [-0.4, -0.2) is 35.2 Å². The summed E-state index contributed by atoms with van der Waals surface area (Å²) in [6.45, 7) is 12.1. The smallest absolute Gasteiger partial charge is 0.408 e. The molecule has 2 amide bonds. The Bertz CT molecular complexity index is 702. The number of alkyl carbamates (subject to hydrolysis) is 1. The first kappa shape index (κ1) is 23.3. The molecule has 0 saturated carbocycles. The standard InChI is InChI=1S/C20H31N3O5/c1-12-8-9-13(21)10-14(12)22-17(25)15(11-16(24)27-19(2,3)4)23-18(26)28-20(5,6)7/h8-10,15H,11,21H2,1-7H3,(H,22,25)(H,23,26)/t15-/m1/s1. The zero-order valence-electron chi connectivity index (χ0n) is 17.6. The minimum absolute atomic E-state index is 0.344. The third-order valence-electron chi connectivity index (χ3n) is 3.32. The van der Waals surface area contributed by atoms with Gasteiger partial charge in [0.1, 0.15) is 17.2 Å². The van der Waals surface area contributed by atoms with Crippen LogP contribution in [0.1, 0.15) is 53.5 Å². The molecule has 8 heteroatoms. The topological polar surface area (TPSA) is 120 Å². The molecule has 0 spiro atoms. The summed E-state index contributed by atoms with van der Waals surface area (Å²) in [6, 6.07) is 3.90. The third kappa shape index (κ3) is 8.75. The first-order valence-electron chi connectivity index (χ1n) is 9.04. The summed E-state index contributed by atoms with van der Waals surface area (Å²) < 4.78 is 10.5. The van der Waals surface area contributed by atoms with Gasteiger partial charge in [0, 0.05) is 11.4 Å². The van der Waals surface area contributed by atoms with Crippen molar-refractivity contribution >= 4 is 29.3 Å². The average molecular weight is 393 g/mol. The molecule has 1 atom stereocenters. The minimum atomic E-state index is -1.18. The van der Waals surface area contributed by atoms with E-state index in [4.69, 9.17) is 15.2 Å². The van der Waals surface area contributed by atoms with Crippen LogP contribution in [0.4, 0.5) is 16.2 Å². The number of nitrogens with one attached hydrogen (secondary N) is 2. The SMILES string of the molecule is Cc1ccc(N)cc1NC(=O)[C@@H](CC(=O)OC(C)(C)C)NC(=O)OC(C)(C)C. The predicted octanol–water partition coefficient (Wildman–Crippen LogP) is 3.14. The van der Waals surface area contributed by atoms with Crippen molar-refractivity contribution in [3.63, 3.8) is 0 Å². The van der Waals surface area contributed by atoms with Crippen LogP contribution in [-0.2, 0) is 19.1 Å². The van der Waals surface area contributed by atoms with E-state index in [0.29, 0.717) is 11.4 Å². The maximum atomic E-state index is 12.7. The number of esters is 1. The zero-order chi connectivity index (χ0) is 21.7. The Labute approximate surface area is 166 Å². The van der Waals surface area contributed by atoms with Gasteiger partial charge in [0.2, 0.25) is 5.91 Å². The molecule has 0 heterocycles. The molecule has 0 unspecified atom stereocenters. The summed E-state index contributed by atoms with van der Waals surface area (Å²) >= 11 is 0. The largest absolute Gasteiger partial charge is 0.460 e. The van der Waals surface area contributed by atoms with Crippen LogP contribution < -0.4 is 16.4 Å². The van der Waals surface area contributed by atoms with E-state index in [2.05, 4.69) is 10.6 Å². The second kappa shape index (κ2) is 8.95. The number of aryl methyl sites for hydroxylation is 1. The van der Waals surface area contributed by atoms with Gasteiger partial charge in [-0.3, -0.25) is 9.59 Å². The van der Waals surface area contributed by atoms with E-state index in [1.807, 2.05) is 0 Å². The number of carbonyl (C=O) groups excluding carboxylic acids is 3. The Hall–Kier alpha value is -2.77. The number of hydrogen-bond donors (Lipinski definition) is 3. The van der Waals surface area contributed by atoms with Gasteiger partial charge in [-0.2, -0.15) is 0 Å². The molecule has 156 valence electrons. The van der Waals surface area contributed by atoms with Crippen LogP contribution in [0.5, 0.6) is 0 Å². The second-order valence-electron chi connectivity index (χ2n) is 8.55. The molecule has 1 aromatic carbocycles. The van der Waals surface area contributed by atoms with Crippen molar-refractivity contribution in [3.8, 4) is 0 Å². The number of anilines is 2. The molecule has 4 N–H and O–H groups in total. The number of amides is 2. The number of hydrogen-bond acceptors (Lipinski definition) is 6. The van der Waals surface area contributed by atoms with Gasteiger partial charge < -0.3 is 25.8 Å². The molecule has 0 saturated heterocycles. The lowest BCUT2D eigenvalue weighted by molar-refractivity contribution is -0.156. The molecule has 0 aromatic heterocycles. The van der Waals surface area contributed by atoms with E-state index in [1.54, 1.807) is 66.7 Å². The molecular formula is C20H31N3O5. The fraction of sp³-hybridized carbons (Fsp3) is 0.550. The van der Waals surface area contributed by atoms with E-state index in [1.165, 1.54) is 0 Å². The Kier molecular flexibility index (Phi) is 7.43. The van der Waals surface area contributed by atoms with Gasteiger partial charge in [0.15, 0.2) is 0 Å². The van der Waals surface area contributed by atoms with Gasteiger partial charge in [-0.15, -0.1) is 0 Å². The monoisotopic (exact) mass is 393 g/mol. The van der Waals surface area contributed by atoms with E-state index in [0.717, 1.165) is 5.56 Å². The van der Waals surface area contributed by atoms with E-state index in [-0.39, 0.29) is 6.42 Å². The number of carbonyl (C=O) groups is 3. The van der Waals surface area contributed by atoms with E-state index in [9.17, 15) is 14.4 Å². The minimum Gasteiger partial charge on any atom is -0.460 e. The molecule has 1 rings (SSSR count). The highest BCUT2D eigenvalue weighted by Crippen LogP contribution is 2.19. The lowest BCUT2D eigenvalue weighted by atomic mass is 10.1. The first-order chi connectivity index (χ1) is 12.7. The zero-order valence-corrected chi connectivity index (χ0v) is 17.6. The molecular weight excluding hydrogens is 362 g/mol. The van der Waals surface area contributed by atoms with Gasteiger partial charge in [-0.05, 0) is 66.2 Å². The summed E-state index contributed by atoms with van der Waals surface area (Å²) in [4.78, 5) is 37.1. The van der Waals surface area contributed by atoms with Crippen molar-refractivity contribution in [2.45, 2.75) is 72.1 Å². The van der Waals surface area contributed by atoms with Crippen molar-refractivity contribution in [3.05, 3.63) is 23.8 Å². The fourth-order valence-electron chi connectivity index (χ4n) is 2.20. The van der Waals surface area contributed by atoms with Gasteiger partial charge in [0.05, 0.1) is 6.42 Å². The van der Waals surface area contributed by atoms with Crippen LogP contribution >= 0.6 is 0 Å². The van der Waals surface area contributed by atoms with Crippen molar-refractivity contribution < 1.29 is 23.9 Å². The normalized spacial score (nSPS) is 12.7. The summed E-state index contributed by atoms with van der Waals surface area (Å²) in [7, 11) is 0. The van der Waals surface area contributed by atoms with Crippen molar-refractivity contribution in [1.82, 2.24) is 5.32 Å². The Morgan fingerprint density at radius 3 is 2.14 bits per heavy atom. The number of rotatable bonds is 5. The highest BCUT2D eigenvalue weighted by molar-refractivity contribution is 5.99. The second-order valence-corrected chi connectivity index (χ2v) is 8.55. The lowest BCUT2D eigenvalue weighted by Crippen LogP contribution is -2.47. The molecule has 0 radical (unpaired) electrons. The summed E-state index contributed by atoms with van der Waals surface area (Å²) in [5.74, 6) is -1.20. The molecule has 0 bridgehead atoms. The molecule has 0 aliphatic carbocycles. The maximum absolute atomic E-state index is 12.7. The van der Waals surface area contributed by atoms with Crippen molar-refractivity contribution in [2.75, 3.05) is 11.1 Å². The summed E-state index contributed by atoms with van der Waals surface area (Å²) in [5, 5.41) is 5.13. The van der Waals surface area contributed by atoms with Gasteiger partial charge >= 0.3 is 12.1 Å². The number of ether oxygens (including phenoxy) is 2. The average Bonchev–Trinajstić information content (AvgIpc) is 2.46. The molecule has 1 aromatic rings. The van der Waals surface area contributed by atoms with Crippen LogP contribution in [0.25, 0.3) is 0 Å². The summed E-state index contributed by atoms with van der Waals surface area (Å²) in [5.41, 5.74) is 6.06. The predicted molar refractivity (Wildman–Crippen MR) is 108 cm³/mol. The lowest BCUT2D eigenvalue weighted by Gasteiger charge is -2.25. The van der Waals surface area contributed by atoms with Crippen molar-refractivity contribution in [2.24, 2.45) is 0 Å². The molecule has 28 heavy (non-hydrogen) atoms. The first-order valence-corrected chi connectivity index (χ1v) is 9.04. The Morgan fingerprint density at radius 1 is 1.04 bits per heavy atom. The van der Waals surface area contributed by atoms with Gasteiger partial charge in [-0.25, -0.2) is 4.79 Å². The molecule has 0 aliphatic rings. The Morgan fingerprint density at radius 2 is 1.61 bits per heavy atom. The number of nitrogen functional groups attached to an aromatic ring is 1. The van der Waals surface area contributed by atoms with Crippen LogP contribution in [0, 0.1) is 6.92 Å². The van der Waals surface area contributed by atoms with Crippen molar-refractivity contribution in [1.29, 1.82) is 0 Å². The molecule has 8 nitrogen and oxygen atoms in total. The van der Waals surface area contributed by atoms with Gasteiger partial charge in [0.25, 0.3) is 0 Å². The molecule has 0 fully saturated rings. The van der Waals surface area contributed by atoms with E-state index >= 15 is 0 Å². The number of benzene rings is 1. The third-order valence-corrected chi connectivity index (χ3v) is 3.32.